The third-order valence-electron chi connectivity index (χ3n) is 2.58. The lowest BCUT2D eigenvalue weighted by Gasteiger charge is -2.12. The molecule has 2 aromatic rings. The van der Waals surface area contributed by atoms with Crippen LogP contribution in [0.25, 0.3) is 0 Å². The van der Waals surface area contributed by atoms with Gasteiger partial charge in [0.05, 0.1) is 10.7 Å². The fourth-order valence-electron chi connectivity index (χ4n) is 1.52. The first-order valence-electron chi connectivity index (χ1n) is 5.15. The van der Waals surface area contributed by atoms with E-state index in [-0.39, 0.29) is 5.82 Å². The summed E-state index contributed by atoms with van der Waals surface area (Å²) in [6.45, 7) is 1.91. The normalized spacial score (nSPS) is 10.3. The van der Waals surface area contributed by atoms with Crippen molar-refractivity contribution >= 4 is 28.7 Å². The molecule has 2 aromatic carbocycles. The average molecular weight is 251 g/mol. The number of nitrogen functional groups attached to an aromatic ring is 1. The van der Waals surface area contributed by atoms with E-state index in [1.54, 1.807) is 6.07 Å². The lowest BCUT2D eigenvalue weighted by atomic mass is 10.1. The first kappa shape index (κ1) is 11.7. The Labute approximate surface area is 104 Å². The van der Waals surface area contributed by atoms with Crippen LogP contribution >= 0.6 is 11.6 Å². The molecule has 4 heteroatoms. The zero-order chi connectivity index (χ0) is 12.4. The van der Waals surface area contributed by atoms with Gasteiger partial charge in [-0.25, -0.2) is 4.39 Å². The van der Waals surface area contributed by atoms with Crippen LogP contribution in [0.4, 0.5) is 21.5 Å². The zero-order valence-corrected chi connectivity index (χ0v) is 10.1. The molecule has 2 rings (SSSR count). The minimum atomic E-state index is -0.357. The summed E-state index contributed by atoms with van der Waals surface area (Å²) in [5.41, 5.74) is 8.96. The molecule has 0 bridgehead atoms. The van der Waals surface area contributed by atoms with Crippen molar-refractivity contribution in [3.05, 3.63) is 52.8 Å². The van der Waals surface area contributed by atoms with Gasteiger partial charge in [-0.3, -0.25) is 0 Å². The Hall–Kier alpha value is -1.74. The van der Waals surface area contributed by atoms with Crippen LogP contribution in [0.1, 0.15) is 5.56 Å². The molecule has 0 heterocycles. The molecule has 0 spiro atoms. The third-order valence-corrected chi connectivity index (χ3v) is 2.89. The highest BCUT2D eigenvalue weighted by atomic mass is 35.5. The van der Waals surface area contributed by atoms with Crippen LogP contribution in [0.15, 0.2) is 36.4 Å². The van der Waals surface area contributed by atoms with E-state index in [4.69, 9.17) is 17.3 Å². The van der Waals surface area contributed by atoms with Crippen molar-refractivity contribution in [2.45, 2.75) is 6.92 Å². The predicted molar refractivity (Wildman–Crippen MR) is 70.3 cm³/mol. The van der Waals surface area contributed by atoms with Crippen molar-refractivity contribution in [1.29, 1.82) is 0 Å². The number of nitrogens with two attached hydrogens (primary N) is 1. The second-order valence-electron chi connectivity index (χ2n) is 3.77. The molecule has 0 amide bonds. The summed E-state index contributed by atoms with van der Waals surface area (Å²) in [6, 6.07) is 9.79. The second-order valence-corrected chi connectivity index (χ2v) is 4.18. The van der Waals surface area contributed by atoms with Crippen LogP contribution in [0, 0.1) is 12.7 Å². The highest BCUT2D eigenvalue weighted by Gasteiger charge is 2.05. The van der Waals surface area contributed by atoms with E-state index in [0.717, 1.165) is 11.3 Å². The number of anilines is 3. The fraction of sp³-hybridized carbons (Fsp3) is 0.0769. The average Bonchev–Trinajstić information content (AvgIpc) is 2.28. The van der Waals surface area contributed by atoms with E-state index in [2.05, 4.69) is 5.32 Å². The summed E-state index contributed by atoms with van der Waals surface area (Å²) >= 11 is 5.94. The molecule has 0 aliphatic rings. The first-order chi connectivity index (χ1) is 8.08. The standard InChI is InChI=1S/C13H12ClFN2/c1-8-11(16)3-2-4-12(8)17-13-6-5-9(15)7-10(13)14/h2-7,17H,16H2,1H3. The number of halogens is 2. The summed E-state index contributed by atoms with van der Waals surface area (Å²) in [6.07, 6.45) is 0. The van der Waals surface area contributed by atoms with Gasteiger partial charge in [0.2, 0.25) is 0 Å². The van der Waals surface area contributed by atoms with Gasteiger partial charge < -0.3 is 11.1 Å². The molecular formula is C13H12ClFN2. The molecular weight excluding hydrogens is 239 g/mol. The molecule has 3 N–H and O–H groups in total. The highest BCUT2D eigenvalue weighted by Crippen LogP contribution is 2.29. The van der Waals surface area contributed by atoms with Gasteiger partial charge in [0, 0.05) is 11.4 Å². The zero-order valence-electron chi connectivity index (χ0n) is 9.30. The van der Waals surface area contributed by atoms with E-state index < -0.39 is 0 Å². The van der Waals surface area contributed by atoms with Crippen molar-refractivity contribution in [1.82, 2.24) is 0 Å². The van der Waals surface area contributed by atoms with Gasteiger partial charge in [0.1, 0.15) is 5.82 Å². The Morgan fingerprint density at radius 1 is 1.18 bits per heavy atom. The Morgan fingerprint density at radius 2 is 1.94 bits per heavy atom. The molecule has 0 aliphatic carbocycles. The number of benzene rings is 2. The van der Waals surface area contributed by atoms with E-state index in [1.807, 2.05) is 25.1 Å². The molecule has 0 aliphatic heterocycles. The van der Waals surface area contributed by atoms with Gasteiger partial charge in [-0.1, -0.05) is 17.7 Å². The highest BCUT2D eigenvalue weighted by molar-refractivity contribution is 6.33. The largest absolute Gasteiger partial charge is 0.398 e. The summed E-state index contributed by atoms with van der Waals surface area (Å²) in [7, 11) is 0. The molecule has 0 radical (unpaired) electrons. The SMILES string of the molecule is Cc1c(N)cccc1Nc1ccc(F)cc1Cl. The van der Waals surface area contributed by atoms with Gasteiger partial charge in [-0.2, -0.15) is 0 Å². The molecule has 0 aromatic heterocycles. The van der Waals surface area contributed by atoms with Crippen LogP contribution in [0.3, 0.4) is 0 Å². The number of hydrogen-bond donors (Lipinski definition) is 2. The molecule has 88 valence electrons. The van der Waals surface area contributed by atoms with Gasteiger partial charge in [0.25, 0.3) is 0 Å². The molecule has 0 unspecified atom stereocenters. The molecule has 2 nitrogen and oxygen atoms in total. The second kappa shape index (κ2) is 4.63. The molecule has 17 heavy (non-hydrogen) atoms. The Bertz CT molecular complexity index is 555. The fourth-order valence-corrected chi connectivity index (χ4v) is 1.74. The molecule has 0 atom stereocenters. The Balaban J connectivity index is 2.35. The summed E-state index contributed by atoms with van der Waals surface area (Å²) in [5, 5.41) is 3.47. The molecule has 0 fully saturated rings. The van der Waals surface area contributed by atoms with Crippen molar-refractivity contribution in [3.8, 4) is 0 Å². The maximum absolute atomic E-state index is 12.9. The monoisotopic (exact) mass is 250 g/mol. The number of hydrogen-bond acceptors (Lipinski definition) is 2. The van der Waals surface area contributed by atoms with E-state index in [9.17, 15) is 4.39 Å². The maximum Gasteiger partial charge on any atom is 0.124 e. The molecule has 0 saturated carbocycles. The van der Waals surface area contributed by atoms with Crippen LogP contribution in [-0.2, 0) is 0 Å². The lowest BCUT2D eigenvalue weighted by molar-refractivity contribution is 0.628. The first-order valence-corrected chi connectivity index (χ1v) is 5.53. The van der Waals surface area contributed by atoms with E-state index >= 15 is 0 Å². The quantitative estimate of drug-likeness (QED) is 0.787. The maximum atomic E-state index is 12.9. The smallest absolute Gasteiger partial charge is 0.124 e. The van der Waals surface area contributed by atoms with Gasteiger partial charge in [0.15, 0.2) is 0 Å². The number of rotatable bonds is 2. The topological polar surface area (TPSA) is 38.0 Å². The number of nitrogens with one attached hydrogen (secondary N) is 1. The van der Waals surface area contributed by atoms with E-state index in [0.29, 0.717) is 16.4 Å². The summed E-state index contributed by atoms with van der Waals surface area (Å²) in [5.74, 6) is -0.357. The summed E-state index contributed by atoms with van der Waals surface area (Å²) in [4.78, 5) is 0. The van der Waals surface area contributed by atoms with Crippen molar-refractivity contribution in [2.24, 2.45) is 0 Å². The minimum absolute atomic E-state index is 0.340. The van der Waals surface area contributed by atoms with Crippen LogP contribution < -0.4 is 11.1 Å². The Kier molecular flexibility index (Phi) is 3.20. The van der Waals surface area contributed by atoms with Crippen molar-refractivity contribution in [2.75, 3.05) is 11.1 Å². The van der Waals surface area contributed by atoms with Crippen LogP contribution in [-0.4, -0.2) is 0 Å². The predicted octanol–water partition coefficient (Wildman–Crippen LogP) is 4.11. The van der Waals surface area contributed by atoms with Crippen LogP contribution in [0.5, 0.6) is 0 Å². The van der Waals surface area contributed by atoms with Crippen molar-refractivity contribution in [3.63, 3.8) is 0 Å². The minimum Gasteiger partial charge on any atom is -0.398 e. The third kappa shape index (κ3) is 2.50. The van der Waals surface area contributed by atoms with Crippen LogP contribution in [0.2, 0.25) is 5.02 Å². The van der Waals surface area contributed by atoms with Crippen molar-refractivity contribution < 1.29 is 4.39 Å². The van der Waals surface area contributed by atoms with Gasteiger partial charge >= 0.3 is 0 Å². The van der Waals surface area contributed by atoms with Gasteiger partial charge in [-0.15, -0.1) is 0 Å². The van der Waals surface area contributed by atoms with E-state index in [1.165, 1.54) is 12.1 Å². The Morgan fingerprint density at radius 3 is 2.65 bits per heavy atom. The lowest BCUT2D eigenvalue weighted by Crippen LogP contribution is -1.97. The summed E-state index contributed by atoms with van der Waals surface area (Å²) < 4.78 is 12.9. The van der Waals surface area contributed by atoms with Gasteiger partial charge in [-0.05, 0) is 42.8 Å². The molecule has 0 saturated heterocycles.